The van der Waals surface area contributed by atoms with Crippen LogP contribution in [0.4, 0.5) is 4.39 Å². The first-order valence-electron chi connectivity index (χ1n) is 5.70. The van der Waals surface area contributed by atoms with E-state index in [2.05, 4.69) is 11.1 Å². The van der Waals surface area contributed by atoms with Crippen molar-refractivity contribution in [3.63, 3.8) is 0 Å². The molecule has 0 spiro atoms. The van der Waals surface area contributed by atoms with Crippen LogP contribution in [0.3, 0.4) is 0 Å². The van der Waals surface area contributed by atoms with Crippen molar-refractivity contribution in [2.45, 2.75) is 0 Å². The minimum Gasteiger partial charge on any atom is -0.336 e. The van der Waals surface area contributed by atoms with Gasteiger partial charge in [0.25, 0.3) is 5.91 Å². The molecular formula is C12H13FN4O. The Labute approximate surface area is 104 Å². The standard InChI is InChI=1S/C12H13FN4O/c13-11-9-15-3-1-10(11)12(18)17-7-5-16(4-2-14)6-8-17/h1,3,9H,4-8H2. The van der Waals surface area contributed by atoms with Gasteiger partial charge in [0.2, 0.25) is 0 Å². The van der Waals surface area contributed by atoms with Crippen LogP contribution in [0.5, 0.6) is 0 Å². The molecule has 1 aliphatic rings. The van der Waals surface area contributed by atoms with Gasteiger partial charge in [-0.15, -0.1) is 0 Å². The van der Waals surface area contributed by atoms with E-state index >= 15 is 0 Å². The third kappa shape index (κ3) is 2.63. The summed E-state index contributed by atoms with van der Waals surface area (Å²) >= 11 is 0. The van der Waals surface area contributed by atoms with Gasteiger partial charge < -0.3 is 4.90 Å². The van der Waals surface area contributed by atoms with Crippen molar-refractivity contribution < 1.29 is 9.18 Å². The van der Waals surface area contributed by atoms with E-state index in [1.165, 1.54) is 12.3 Å². The molecule has 0 atom stereocenters. The zero-order valence-corrected chi connectivity index (χ0v) is 9.84. The summed E-state index contributed by atoms with van der Waals surface area (Å²) in [6, 6.07) is 3.46. The number of hydrogen-bond donors (Lipinski definition) is 0. The number of hydrogen-bond acceptors (Lipinski definition) is 4. The number of pyridine rings is 1. The van der Waals surface area contributed by atoms with Gasteiger partial charge in [-0.25, -0.2) is 4.39 Å². The second kappa shape index (κ2) is 5.56. The summed E-state index contributed by atoms with van der Waals surface area (Å²) in [6.45, 7) is 2.69. The van der Waals surface area contributed by atoms with Crippen LogP contribution in [-0.2, 0) is 0 Å². The number of nitriles is 1. The molecule has 5 nitrogen and oxygen atoms in total. The molecular weight excluding hydrogens is 235 g/mol. The Bertz CT molecular complexity index is 477. The topological polar surface area (TPSA) is 60.2 Å². The summed E-state index contributed by atoms with van der Waals surface area (Å²) in [4.78, 5) is 19.2. The molecule has 0 aromatic carbocycles. The van der Waals surface area contributed by atoms with E-state index in [1.807, 2.05) is 4.90 Å². The molecule has 0 unspecified atom stereocenters. The number of carbonyl (C=O) groups is 1. The number of aromatic nitrogens is 1. The van der Waals surface area contributed by atoms with Gasteiger partial charge >= 0.3 is 0 Å². The van der Waals surface area contributed by atoms with Crippen LogP contribution in [0.2, 0.25) is 0 Å². The highest BCUT2D eigenvalue weighted by molar-refractivity contribution is 5.94. The maximum atomic E-state index is 13.4. The molecule has 0 saturated carbocycles. The van der Waals surface area contributed by atoms with Crippen LogP contribution >= 0.6 is 0 Å². The Balaban J connectivity index is 2.00. The molecule has 1 amide bonds. The third-order valence-corrected chi connectivity index (χ3v) is 2.96. The molecule has 1 fully saturated rings. The van der Waals surface area contributed by atoms with Crippen molar-refractivity contribution in [2.24, 2.45) is 0 Å². The summed E-state index contributed by atoms with van der Waals surface area (Å²) in [5.41, 5.74) is 0.0544. The third-order valence-electron chi connectivity index (χ3n) is 2.96. The van der Waals surface area contributed by atoms with Crippen LogP contribution in [0, 0.1) is 17.1 Å². The molecule has 2 heterocycles. The van der Waals surface area contributed by atoms with E-state index in [0.717, 1.165) is 6.20 Å². The number of halogens is 1. The number of carbonyl (C=O) groups excluding carboxylic acids is 1. The van der Waals surface area contributed by atoms with E-state index < -0.39 is 5.82 Å². The fourth-order valence-corrected chi connectivity index (χ4v) is 1.93. The Kier molecular flexibility index (Phi) is 3.85. The smallest absolute Gasteiger partial charge is 0.257 e. The Morgan fingerprint density at radius 3 is 2.78 bits per heavy atom. The lowest BCUT2D eigenvalue weighted by Gasteiger charge is -2.33. The maximum absolute atomic E-state index is 13.4. The highest BCUT2D eigenvalue weighted by Crippen LogP contribution is 2.11. The summed E-state index contributed by atoms with van der Waals surface area (Å²) in [6.07, 6.45) is 2.45. The van der Waals surface area contributed by atoms with Crippen molar-refractivity contribution in [2.75, 3.05) is 32.7 Å². The molecule has 2 rings (SSSR count). The lowest BCUT2D eigenvalue weighted by Crippen LogP contribution is -2.48. The van der Waals surface area contributed by atoms with Gasteiger partial charge in [0, 0.05) is 32.4 Å². The fraction of sp³-hybridized carbons (Fsp3) is 0.417. The largest absolute Gasteiger partial charge is 0.336 e. The van der Waals surface area contributed by atoms with Gasteiger partial charge in [0.15, 0.2) is 5.82 Å². The second-order valence-corrected chi connectivity index (χ2v) is 4.08. The van der Waals surface area contributed by atoms with E-state index in [9.17, 15) is 9.18 Å². The summed E-state index contributed by atoms with van der Waals surface area (Å²) < 4.78 is 13.4. The fourth-order valence-electron chi connectivity index (χ4n) is 1.93. The molecule has 1 saturated heterocycles. The van der Waals surface area contributed by atoms with Gasteiger partial charge in [-0.3, -0.25) is 14.7 Å². The summed E-state index contributed by atoms with van der Waals surface area (Å²) in [5, 5.41) is 8.58. The zero-order chi connectivity index (χ0) is 13.0. The first kappa shape index (κ1) is 12.5. The minimum absolute atomic E-state index is 0.0544. The zero-order valence-electron chi connectivity index (χ0n) is 9.84. The Morgan fingerprint density at radius 2 is 2.17 bits per heavy atom. The van der Waals surface area contributed by atoms with E-state index in [1.54, 1.807) is 4.90 Å². The lowest BCUT2D eigenvalue weighted by atomic mass is 10.2. The molecule has 1 aromatic rings. The Morgan fingerprint density at radius 1 is 1.44 bits per heavy atom. The number of nitrogens with zero attached hydrogens (tertiary/aromatic N) is 4. The average Bonchev–Trinajstić information content (AvgIpc) is 2.40. The highest BCUT2D eigenvalue weighted by atomic mass is 19.1. The summed E-state index contributed by atoms with van der Waals surface area (Å²) in [5.74, 6) is -0.909. The van der Waals surface area contributed by atoms with Crippen molar-refractivity contribution in [1.82, 2.24) is 14.8 Å². The van der Waals surface area contributed by atoms with Crippen molar-refractivity contribution in [3.05, 3.63) is 29.8 Å². The number of rotatable bonds is 2. The molecule has 0 bridgehead atoms. The molecule has 18 heavy (non-hydrogen) atoms. The normalized spacial score (nSPS) is 16.3. The predicted molar refractivity (Wildman–Crippen MR) is 62.2 cm³/mol. The van der Waals surface area contributed by atoms with Gasteiger partial charge in [0.1, 0.15) is 0 Å². The molecule has 1 aliphatic heterocycles. The SMILES string of the molecule is N#CCN1CCN(C(=O)c2ccncc2F)CC1. The minimum atomic E-state index is -0.595. The molecule has 0 aliphatic carbocycles. The van der Waals surface area contributed by atoms with Crippen LogP contribution in [0.25, 0.3) is 0 Å². The molecule has 94 valence electrons. The van der Waals surface area contributed by atoms with E-state index in [-0.39, 0.29) is 11.5 Å². The predicted octanol–water partition coefficient (Wildman–Crippen LogP) is 0.502. The van der Waals surface area contributed by atoms with Crippen molar-refractivity contribution >= 4 is 5.91 Å². The van der Waals surface area contributed by atoms with E-state index in [0.29, 0.717) is 32.7 Å². The Hall–Kier alpha value is -2.00. The quantitative estimate of drug-likeness (QED) is 0.715. The lowest BCUT2D eigenvalue weighted by molar-refractivity contribution is 0.0647. The van der Waals surface area contributed by atoms with Crippen molar-refractivity contribution in [1.29, 1.82) is 5.26 Å². The summed E-state index contributed by atoms with van der Waals surface area (Å²) in [7, 11) is 0. The molecule has 6 heteroatoms. The van der Waals surface area contributed by atoms with Gasteiger partial charge in [-0.2, -0.15) is 5.26 Å². The average molecular weight is 248 g/mol. The van der Waals surface area contributed by atoms with Crippen molar-refractivity contribution in [3.8, 4) is 6.07 Å². The van der Waals surface area contributed by atoms with Crippen LogP contribution in [0.1, 0.15) is 10.4 Å². The van der Waals surface area contributed by atoms with Crippen LogP contribution in [-0.4, -0.2) is 53.4 Å². The molecule has 0 N–H and O–H groups in total. The van der Waals surface area contributed by atoms with Crippen LogP contribution in [0.15, 0.2) is 18.5 Å². The molecule has 0 radical (unpaired) electrons. The van der Waals surface area contributed by atoms with Crippen LogP contribution < -0.4 is 0 Å². The first-order valence-corrected chi connectivity index (χ1v) is 5.70. The highest BCUT2D eigenvalue weighted by Gasteiger charge is 2.23. The number of piperazine rings is 1. The van der Waals surface area contributed by atoms with Gasteiger partial charge in [0.05, 0.1) is 24.4 Å². The second-order valence-electron chi connectivity index (χ2n) is 4.08. The molecule has 1 aromatic heterocycles. The monoisotopic (exact) mass is 248 g/mol. The maximum Gasteiger partial charge on any atom is 0.257 e. The van der Waals surface area contributed by atoms with Gasteiger partial charge in [-0.1, -0.05) is 0 Å². The van der Waals surface area contributed by atoms with Gasteiger partial charge in [-0.05, 0) is 6.07 Å². The van der Waals surface area contributed by atoms with E-state index in [4.69, 9.17) is 5.26 Å². The number of amides is 1. The first-order chi connectivity index (χ1) is 8.72.